The van der Waals surface area contributed by atoms with E-state index < -0.39 is 6.17 Å². The molecule has 2 aliphatic rings. The summed E-state index contributed by atoms with van der Waals surface area (Å²) in [6.45, 7) is 4.15. The van der Waals surface area contributed by atoms with E-state index >= 15 is 0 Å². The van der Waals surface area contributed by atoms with E-state index in [0.29, 0.717) is 53.3 Å². The molecule has 0 radical (unpaired) electrons. The largest absolute Gasteiger partial charge is 0.493 e. The average molecular weight is 437 g/mol. The Balaban J connectivity index is 1.74. The quantitative estimate of drug-likeness (QED) is 0.719. The van der Waals surface area contributed by atoms with Gasteiger partial charge in [0.05, 0.1) is 31.0 Å². The Hall–Kier alpha value is -3.55. The van der Waals surface area contributed by atoms with Crippen molar-refractivity contribution in [2.45, 2.75) is 38.9 Å². The van der Waals surface area contributed by atoms with Crippen LogP contribution in [-0.2, 0) is 4.79 Å². The lowest BCUT2D eigenvalue weighted by atomic mass is 10.0. The number of ether oxygens (including phenoxy) is 2. The first-order valence-electron chi connectivity index (χ1n) is 10.7. The van der Waals surface area contributed by atoms with Gasteiger partial charge in [-0.15, -0.1) is 0 Å². The zero-order valence-corrected chi connectivity index (χ0v) is 18.7. The minimum absolute atomic E-state index is 0.0586. The highest BCUT2D eigenvalue weighted by molar-refractivity contribution is 6.18. The van der Waals surface area contributed by atoms with Gasteiger partial charge in [0.2, 0.25) is 5.91 Å². The Morgan fingerprint density at radius 2 is 1.81 bits per heavy atom. The molecule has 1 atom stereocenters. The van der Waals surface area contributed by atoms with Crippen LogP contribution in [0.1, 0.15) is 59.1 Å². The molecule has 0 aromatic heterocycles. The number of fused-ring (bicyclic) bond motifs is 5. The van der Waals surface area contributed by atoms with Crippen molar-refractivity contribution in [2.75, 3.05) is 25.7 Å². The van der Waals surface area contributed by atoms with Crippen molar-refractivity contribution in [3.8, 4) is 11.5 Å². The first-order valence-corrected chi connectivity index (χ1v) is 10.7. The number of methoxy groups -OCH3 is 2. The summed E-state index contributed by atoms with van der Waals surface area (Å²) in [6, 6.07) is 10.7. The number of hydrogen-bond donors (Lipinski definition) is 1. The second-order valence-electron chi connectivity index (χ2n) is 8.16. The summed E-state index contributed by atoms with van der Waals surface area (Å²) in [5.41, 5.74) is 2.10. The van der Waals surface area contributed by atoms with Crippen LogP contribution in [0.25, 0.3) is 0 Å². The van der Waals surface area contributed by atoms with Crippen molar-refractivity contribution in [1.82, 2.24) is 10.2 Å². The van der Waals surface area contributed by atoms with Crippen LogP contribution in [0, 0.1) is 0 Å². The highest BCUT2D eigenvalue weighted by Crippen LogP contribution is 2.49. The summed E-state index contributed by atoms with van der Waals surface area (Å²) in [7, 11) is 3.01. The van der Waals surface area contributed by atoms with E-state index in [2.05, 4.69) is 5.32 Å². The van der Waals surface area contributed by atoms with Crippen molar-refractivity contribution in [3.63, 3.8) is 0 Å². The van der Waals surface area contributed by atoms with Crippen LogP contribution in [-0.4, -0.2) is 49.4 Å². The molecule has 32 heavy (non-hydrogen) atoms. The number of hydrogen-bond acceptors (Lipinski definition) is 5. The maximum absolute atomic E-state index is 13.6. The van der Waals surface area contributed by atoms with Gasteiger partial charge >= 0.3 is 0 Å². The van der Waals surface area contributed by atoms with Gasteiger partial charge in [-0.25, -0.2) is 0 Å². The summed E-state index contributed by atoms with van der Waals surface area (Å²) < 4.78 is 10.9. The predicted octanol–water partition coefficient (Wildman–Crippen LogP) is 3.12. The first kappa shape index (κ1) is 21.7. The smallest absolute Gasteiger partial charge is 0.264 e. The predicted molar refractivity (Wildman–Crippen MR) is 119 cm³/mol. The van der Waals surface area contributed by atoms with Gasteiger partial charge in [-0.1, -0.05) is 18.2 Å². The van der Waals surface area contributed by atoms with Gasteiger partial charge in [-0.05, 0) is 38.5 Å². The zero-order chi connectivity index (χ0) is 23.0. The Morgan fingerprint density at radius 1 is 1.06 bits per heavy atom. The molecule has 3 amide bonds. The molecular weight excluding hydrogens is 410 g/mol. The molecule has 2 aromatic carbocycles. The molecule has 8 heteroatoms. The maximum atomic E-state index is 13.6. The van der Waals surface area contributed by atoms with E-state index in [1.165, 1.54) is 14.2 Å². The van der Waals surface area contributed by atoms with Crippen molar-refractivity contribution in [2.24, 2.45) is 0 Å². The van der Waals surface area contributed by atoms with Gasteiger partial charge in [0.15, 0.2) is 11.5 Å². The van der Waals surface area contributed by atoms with Crippen LogP contribution in [0.3, 0.4) is 0 Å². The lowest BCUT2D eigenvalue weighted by Crippen LogP contribution is -2.48. The van der Waals surface area contributed by atoms with Gasteiger partial charge in [0, 0.05) is 24.6 Å². The zero-order valence-electron chi connectivity index (χ0n) is 18.7. The van der Waals surface area contributed by atoms with Gasteiger partial charge < -0.3 is 19.7 Å². The monoisotopic (exact) mass is 437 g/mol. The number of carbonyl (C=O) groups is 3. The minimum Gasteiger partial charge on any atom is -0.493 e. The summed E-state index contributed by atoms with van der Waals surface area (Å²) >= 11 is 0. The molecule has 2 heterocycles. The van der Waals surface area contributed by atoms with Gasteiger partial charge in [-0.2, -0.15) is 0 Å². The lowest BCUT2D eigenvalue weighted by molar-refractivity contribution is -0.121. The molecule has 0 saturated carbocycles. The number of anilines is 1. The molecule has 0 unspecified atom stereocenters. The van der Waals surface area contributed by atoms with Crippen LogP contribution in [0.4, 0.5) is 5.69 Å². The SMILES string of the molecule is COc1ccc2c(c1OC)C(=O)N1c3ccccc3C(=O)N(CCCC(=O)NC(C)C)[C@H]21. The molecule has 2 aliphatic heterocycles. The summed E-state index contributed by atoms with van der Waals surface area (Å²) in [5.74, 6) is 0.336. The molecule has 0 aliphatic carbocycles. The molecule has 2 aromatic rings. The number of rotatable bonds is 7. The van der Waals surface area contributed by atoms with Crippen LogP contribution in [0.5, 0.6) is 11.5 Å². The Morgan fingerprint density at radius 3 is 2.50 bits per heavy atom. The highest BCUT2D eigenvalue weighted by atomic mass is 16.5. The average Bonchev–Trinajstić information content (AvgIpc) is 3.07. The summed E-state index contributed by atoms with van der Waals surface area (Å²) in [4.78, 5) is 42.4. The number of nitrogens with zero attached hydrogens (tertiary/aromatic N) is 2. The topological polar surface area (TPSA) is 88.2 Å². The third kappa shape index (κ3) is 3.45. The van der Waals surface area contributed by atoms with Crippen LogP contribution in [0.2, 0.25) is 0 Å². The fourth-order valence-corrected chi connectivity index (χ4v) is 4.46. The normalized spacial score (nSPS) is 16.6. The number of amides is 3. The highest BCUT2D eigenvalue weighted by Gasteiger charge is 2.49. The molecular formula is C24H27N3O5. The van der Waals surface area contributed by atoms with Gasteiger partial charge in [0.1, 0.15) is 6.17 Å². The van der Waals surface area contributed by atoms with Gasteiger partial charge in [0.25, 0.3) is 11.8 Å². The Bertz CT molecular complexity index is 1080. The second-order valence-corrected chi connectivity index (χ2v) is 8.16. The summed E-state index contributed by atoms with van der Waals surface area (Å²) in [6.07, 6.45) is 0.171. The number of para-hydroxylation sites is 1. The van der Waals surface area contributed by atoms with Crippen molar-refractivity contribution in [3.05, 3.63) is 53.1 Å². The van der Waals surface area contributed by atoms with E-state index in [1.54, 1.807) is 40.1 Å². The number of nitrogens with one attached hydrogen (secondary N) is 1. The van der Waals surface area contributed by atoms with E-state index in [1.807, 2.05) is 19.9 Å². The number of benzene rings is 2. The third-order valence-corrected chi connectivity index (χ3v) is 5.74. The van der Waals surface area contributed by atoms with E-state index in [4.69, 9.17) is 9.47 Å². The van der Waals surface area contributed by atoms with E-state index in [0.717, 1.165) is 0 Å². The van der Waals surface area contributed by atoms with Crippen molar-refractivity contribution >= 4 is 23.4 Å². The van der Waals surface area contributed by atoms with Crippen LogP contribution in [0.15, 0.2) is 36.4 Å². The summed E-state index contributed by atoms with van der Waals surface area (Å²) in [5, 5.41) is 2.87. The van der Waals surface area contributed by atoms with Gasteiger partial charge in [-0.3, -0.25) is 19.3 Å². The molecule has 8 nitrogen and oxygen atoms in total. The molecule has 0 fully saturated rings. The van der Waals surface area contributed by atoms with Crippen molar-refractivity contribution < 1.29 is 23.9 Å². The number of carbonyl (C=O) groups excluding carboxylic acids is 3. The third-order valence-electron chi connectivity index (χ3n) is 5.74. The van der Waals surface area contributed by atoms with Crippen LogP contribution < -0.4 is 19.7 Å². The standard InChI is InChI=1S/C24H27N3O5/c1-14(2)25-19(28)10-7-13-26-22-16-11-12-18(31-3)21(32-4)20(16)24(30)27(22)17-9-6-5-8-15(17)23(26)29/h5-6,8-9,11-12,14,22H,7,10,13H2,1-4H3,(H,25,28)/t22-/m0/s1. The van der Waals surface area contributed by atoms with E-state index in [9.17, 15) is 14.4 Å². The first-order chi connectivity index (χ1) is 15.4. The second kappa shape index (κ2) is 8.53. The fraction of sp³-hybridized carbons (Fsp3) is 0.375. The van der Waals surface area contributed by atoms with Crippen molar-refractivity contribution in [1.29, 1.82) is 0 Å². The Kier molecular flexibility index (Phi) is 5.78. The van der Waals surface area contributed by atoms with Crippen LogP contribution >= 0.6 is 0 Å². The fourth-order valence-electron chi connectivity index (χ4n) is 4.46. The minimum atomic E-state index is -0.604. The molecule has 168 valence electrons. The lowest BCUT2D eigenvalue weighted by Gasteiger charge is -2.41. The molecule has 0 spiro atoms. The Labute approximate surface area is 187 Å². The molecule has 0 saturated heterocycles. The van der Waals surface area contributed by atoms with E-state index in [-0.39, 0.29) is 23.8 Å². The maximum Gasteiger partial charge on any atom is 0.264 e. The molecule has 4 rings (SSSR count). The molecule has 0 bridgehead atoms. The molecule has 1 N–H and O–H groups in total.